The predicted octanol–water partition coefficient (Wildman–Crippen LogP) is 3.71. The molecule has 0 saturated heterocycles. The van der Waals surface area contributed by atoms with E-state index in [0.29, 0.717) is 12.3 Å². The summed E-state index contributed by atoms with van der Waals surface area (Å²) >= 11 is 1.79. The Morgan fingerprint density at radius 3 is 2.56 bits per heavy atom. The molecule has 2 nitrogen and oxygen atoms in total. The van der Waals surface area contributed by atoms with Gasteiger partial charge in [0, 0.05) is 5.75 Å². The van der Waals surface area contributed by atoms with E-state index in [1.54, 1.807) is 11.8 Å². The van der Waals surface area contributed by atoms with Crippen LogP contribution in [0.5, 0.6) is 5.75 Å². The zero-order valence-corrected chi connectivity index (χ0v) is 11.2. The minimum Gasteiger partial charge on any atom is -0.487 e. The number of benzene rings is 2. The highest BCUT2D eigenvalue weighted by atomic mass is 32.2. The van der Waals surface area contributed by atoms with Crippen LogP contribution in [0.15, 0.2) is 48.5 Å². The van der Waals surface area contributed by atoms with Crippen LogP contribution in [-0.4, -0.2) is 6.26 Å². The second-order valence-electron chi connectivity index (χ2n) is 4.08. The zero-order chi connectivity index (χ0) is 12.8. The molecule has 0 unspecified atom stereocenters. The zero-order valence-electron chi connectivity index (χ0n) is 10.4. The SMILES string of the molecule is CSCc1ccc(N)c(OCc2ccccc2)c1. The molecule has 0 amide bonds. The van der Waals surface area contributed by atoms with Crippen molar-refractivity contribution in [3.63, 3.8) is 0 Å². The fraction of sp³-hybridized carbons (Fsp3) is 0.200. The highest BCUT2D eigenvalue weighted by Crippen LogP contribution is 2.25. The van der Waals surface area contributed by atoms with Crippen molar-refractivity contribution in [2.24, 2.45) is 0 Å². The van der Waals surface area contributed by atoms with Crippen molar-refractivity contribution < 1.29 is 4.74 Å². The third-order valence-electron chi connectivity index (χ3n) is 2.63. The number of nitrogen functional groups attached to an aromatic ring is 1. The lowest BCUT2D eigenvalue weighted by molar-refractivity contribution is 0.308. The summed E-state index contributed by atoms with van der Waals surface area (Å²) in [7, 11) is 0. The minimum absolute atomic E-state index is 0.549. The highest BCUT2D eigenvalue weighted by molar-refractivity contribution is 7.97. The molecule has 2 aromatic carbocycles. The summed E-state index contributed by atoms with van der Waals surface area (Å²) in [6.45, 7) is 0.549. The van der Waals surface area contributed by atoms with Crippen LogP contribution < -0.4 is 10.5 Å². The number of ether oxygens (including phenoxy) is 1. The lowest BCUT2D eigenvalue weighted by atomic mass is 10.2. The summed E-state index contributed by atoms with van der Waals surface area (Å²) in [5.41, 5.74) is 8.99. The molecule has 0 bridgehead atoms. The van der Waals surface area contributed by atoms with E-state index < -0.39 is 0 Å². The van der Waals surface area contributed by atoms with Crippen molar-refractivity contribution in [2.75, 3.05) is 12.0 Å². The molecule has 3 heteroatoms. The van der Waals surface area contributed by atoms with Crippen molar-refractivity contribution in [3.05, 3.63) is 59.7 Å². The maximum atomic E-state index is 5.92. The Kier molecular flexibility index (Phi) is 4.53. The monoisotopic (exact) mass is 259 g/mol. The van der Waals surface area contributed by atoms with Crippen LogP contribution in [0.2, 0.25) is 0 Å². The third-order valence-corrected chi connectivity index (χ3v) is 3.25. The Morgan fingerprint density at radius 1 is 1.06 bits per heavy atom. The van der Waals surface area contributed by atoms with Gasteiger partial charge in [0.1, 0.15) is 12.4 Å². The van der Waals surface area contributed by atoms with E-state index in [2.05, 4.69) is 6.26 Å². The molecule has 0 aliphatic carbocycles. The largest absolute Gasteiger partial charge is 0.487 e. The standard InChI is InChI=1S/C15H17NOS/c1-18-11-13-7-8-14(16)15(9-13)17-10-12-5-3-2-4-6-12/h2-9H,10-11,16H2,1H3. The second kappa shape index (κ2) is 6.36. The average molecular weight is 259 g/mol. The van der Waals surface area contributed by atoms with Crippen molar-refractivity contribution in [2.45, 2.75) is 12.4 Å². The Hall–Kier alpha value is -1.61. The summed E-state index contributed by atoms with van der Waals surface area (Å²) in [5, 5.41) is 0. The normalized spacial score (nSPS) is 10.3. The first-order chi connectivity index (χ1) is 8.79. The molecule has 0 radical (unpaired) electrons. The van der Waals surface area contributed by atoms with Gasteiger partial charge in [0.15, 0.2) is 0 Å². The smallest absolute Gasteiger partial charge is 0.142 e. The van der Waals surface area contributed by atoms with E-state index in [1.807, 2.05) is 48.5 Å². The van der Waals surface area contributed by atoms with Crippen LogP contribution in [0.3, 0.4) is 0 Å². The van der Waals surface area contributed by atoms with Gasteiger partial charge < -0.3 is 10.5 Å². The van der Waals surface area contributed by atoms with Crippen LogP contribution in [0.4, 0.5) is 5.69 Å². The summed E-state index contributed by atoms with van der Waals surface area (Å²) < 4.78 is 5.78. The first kappa shape index (κ1) is 12.8. The van der Waals surface area contributed by atoms with E-state index in [0.717, 1.165) is 17.1 Å². The van der Waals surface area contributed by atoms with Gasteiger partial charge in [-0.2, -0.15) is 11.8 Å². The first-order valence-corrected chi connectivity index (χ1v) is 7.23. The van der Waals surface area contributed by atoms with Crippen LogP contribution in [0.1, 0.15) is 11.1 Å². The van der Waals surface area contributed by atoms with Crippen LogP contribution in [0, 0.1) is 0 Å². The molecular weight excluding hydrogens is 242 g/mol. The number of thioether (sulfide) groups is 1. The van der Waals surface area contributed by atoms with E-state index in [9.17, 15) is 0 Å². The molecule has 0 aliphatic heterocycles. The van der Waals surface area contributed by atoms with Gasteiger partial charge in [0.05, 0.1) is 5.69 Å². The van der Waals surface area contributed by atoms with Gasteiger partial charge in [-0.05, 0) is 29.5 Å². The van der Waals surface area contributed by atoms with Gasteiger partial charge in [-0.15, -0.1) is 0 Å². The molecule has 0 saturated carbocycles. The fourth-order valence-electron chi connectivity index (χ4n) is 1.70. The molecule has 0 heterocycles. The van der Waals surface area contributed by atoms with Crippen molar-refractivity contribution >= 4 is 17.4 Å². The maximum absolute atomic E-state index is 5.92. The van der Waals surface area contributed by atoms with E-state index in [1.165, 1.54) is 5.56 Å². The summed E-state index contributed by atoms with van der Waals surface area (Å²) in [6, 6.07) is 16.1. The molecule has 0 fully saturated rings. The number of anilines is 1. The van der Waals surface area contributed by atoms with Gasteiger partial charge >= 0.3 is 0 Å². The number of hydrogen-bond acceptors (Lipinski definition) is 3. The topological polar surface area (TPSA) is 35.2 Å². The Labute approximate surface area is 112 Å². The quantitative estimate of drug-likeness (QED) is 0.831. The summed E-state index contributed by atoms with van der Waals surface area (Å²) in [5.74, 6) is 1.74. The molecule has 2 aromatic rings. The van der Waals surface area contributed by atoms with Gasteiger partial charge in [-0.1, -0.05) is 36.4 Å². The predicted molar refractivity (Wildman–Crippen MR) is 78.8 cm³/mol. The fourth-order valence-corrected chi connectivity index (χ4v) is 2.21. The Balaban J connectivity index is 2.06. The molecule has 94 valence electrons. The first-order valence-electron chi connectivity index (χ1n) is 5.83. The average Bonchev–Trinajstić information content (AvgIpc) is 2.41. The van der Waals surface area contributed by atoms with E-state index in [4.69, 9.17) is 10.5 Å². The Bertz CT molecular complexity index is 499. The lowest BCUT2D eigenvalue weighted by Crippen LogP contribution is -1.99. The molecule has 0 spiro atoms. The van der Waals surface area contributed by atoms with E-state index >= 15 is 0 Å². The van der Waals surface area contributed by atoms with Crippen molar-refractivity contribution in [1.29, 1.82) is 0 Å². The molecule has 0 aliphatic rings. The van der Waals surface area contributed by atoms with Gasteiger partial charge in [0.25, 0.3) is 0 Å². The molecule has 2 N–H and O–H groups in total. The molecule has 0 atom stereocenters. The number of rotatable bonds is 5. The second-order valence-corrected chi connectivity index (χ2v) is 4.95. The number of nitrogens with two attached hydrogens (primary N) is 1. The molecule has 2 rings (SSSR count). The number of hydrogen-bond donors (Lipinski definition) is 1. The molecular formula is C15H17NOS. The Morgan fingerprint density at radius 2 is 1.83 bits per heavy atom. The van der Waals surface area contributed by atoms with Crippen LogP contribution in [-0.2, 0) is 12.4 Å². The summed E-state index contributed by atoms with van der Waals surface area (Å²) in [4.78, 5) is 0. The van der Waals surface area contributed by atoms with E-state index in [-0.39, 0.29) is 0 Å². The van der Waals surface area contributed by atoms with Gasteiger partial charge in [0.2, 0.25) is 0 Å². The third kappa shape index (κ3) is 3.44. The van der Waals surface area contributed by atoms with Gasteiger partial charge in [-0.3, -0.25) is 0 Å². The summed E-state index contributed by atoms with van der Waals surface area (Å²) in [6.07, 6.45) is 2.08. The molecule has 18 heavy (non-hydrogen) atoms. The van der Waals surface area contributed by atoms with Gasteiger partial charge in [-0.25, -0.2) is 0 Å². The maximum Gasteiger partial charge on any atom is 0.142 e. The molecule has 0 aromatic heterocycles. The lowest BCUT2D eigenvalue weighted by Gasteiger charge is -2.10. The van der Waals surface area contributed by atoms with Crippen LogP contribution in [0.25, 0.3) is 0 Å². The van der Waals surface area contributed by atoms with Crippen LogP contribution >= 0.6 is 11.8 Å². The van der Waals surface area contributed by atoms with Crippen molar-refractivity contribution in [1.82, 2.24) is 0 Å². The van der Waals surface area contributed by atoms with Crippen molar-refractivity contribution in [3.8, 4) is 5.75 Å². The highest BCUT2D eigenvalue weighted by Gasteiger charge is 2.02. The minimum atomic E-state index is 0.549.